The van der Waals surface area contributed by atoms with Crippen LogP contribution in [0.4, 0.5) is 0 Å². The molecular formula is C10H21BrN2. The van der Waals surface area contributed by atoms with Crippen molar-refractivity contribution in [2.45, 2.75) is 32.2 Å². The van der Waals surface area contributed by atoms with Crippen LogP contribution in [-0.2, 0) is 0 Å². The van der Waals surface area contributed by atoms with E-state index in [4.69, 9.17) is 0 Å². The predicted octanol–water partition coefficient (Wildman–Crippen LogP) is 1.85. The van der Waals surface area contributed by atoms with Crippen molar-refractivity contribution in [2.75, 3.05) is 31.5 Å². The van der Waals surface area contributed by atoms with Gasteiger partial charge in [-0.25, -0.2) is 0 Å². The maximum Gasteiger partial charge on any atom is 0.0107 e. The first-order chi connectivity index (χ1) is 6.33. The average Bonchev–Trinajstić information content (AvgIpc) is 2.57. The zero-order valence-electron chi connectivity index (χ0n) is 8.56. The molecule has 1 aliphatic rings. The van der Waals surface area contributed by atoms with E-state index < -0.39 is 0 Å². The molecule has 1 N–H and O–H groups in total. The van der Waals surface area contributed by atoms with E-state index in [2.05, 4.69) is 33.1 Å². The number of halogens is 1. The smallest absolute Gasteiger partial charge is 0.0107 e. The van der Waals surface area contributed by atoms with Crippen molar-refractivity contribution < 1.29 is 0 Å². The van der Waals surface area contributed by atoms with Crippen molar-refractivity contribution in [1.82, 2.24) is 10.2 Å². The molecule has 1 heterocycles. The third-order valence-electron chi connectivity index (χ3n) is 2.66. The molecule has 0 aromatic heterocycles. The summed E-state index contributed by atoms with van der Waals surface area (Å²) in [4.78, 5) is 2.55. The predicted molar refractivity (Wildman–Crippen MR) is 61.5 cm³/mol. The Hall–Kier alpha value is 0.400. The molecule has 13 heavy (non-hydrogen) atoms. The molecule has 0 bridgehead atoms. The van der Waals surface area contributed by atoms with E-state index >= 15 is 0 Å². The zero-order valence-corrected chi connectivity index (χ0v) is 10.1. The molecule has 1 fully saturated rings. The fraction of sp³-hybridized carbons (Fsp3) is 1.00. The molecular weight excluding hydrogens is 228 g/mol. The Balaban J connectivity index is 1.93. The number of nitrogens with one attached hydrogen (secondary N) is 1. The molecule has 78 valence electrons. The van der Waals surface area contributed by atoms with Crippen molar-refractivity contribution in [1.29, 1.82) is 0 Å². The summed E-state index contributed by atoms with van der Waals surface area (Å²) in [5, 5.41) is 4.64. The second-order valence-electron chi connectivity index (χ2n) is 3.88. The SMILES string of the molecule is CC(CCBr)NCCN1CCCC1. The Morgan fingerprint density at radius 3 is 2.69 bits per heavy atom. The summed E-state index contributed by atoms with van der Waals surface area (Å²) in [6, 6.07) is 0.655. The highest BCUT2D eigenvalue weighted by Crippen LogP contribution is 2.05. The Bertz CT molecular complexity index is 124. The minimum absolute atomic E-state index is 0.655. The largest absolute Gasteiger partial charge is 0.313 e. The van der Waals surface area contributed by atoms with Crippen LogP contribution in [0.15, 0.2) is 0 Å². The number of likely N-dealkylation sites (tertiary alicyclic amines) is 1. The average molecular weight is 249 g/mol. The van der Waals surface area contributed by atoms with Gasteiger partial charge in [0.15, 0.2) is 0 Å². The standard InChI is InChI=1S/C10H21BrN2/c1-10(4-5-11)12-6-9-13-7-2-3-8-13/h10,12H,2-9H2,1H3. The lowest BCUT2D eigenvalue weighted by atomic mass is 10.2. The maximum absolute atomic E-state index is 3.54. The van der Waals surface area contributed by atoms with Gasteiger partial charge >= 0.3 is 0 Å². The highest BCUT2D eigenvalue weighted by molar-refractivity contribution is 9.09. The highest BCUT2D eigenvalue weighted by Gasteiger charge is 2.10. The van der Waals surface area contributed by atoms with Gasteiger partial charge in [0.1, 0.15) is 0 Å². The molecule has 1 unspecified atom stereocenters. The summed E-state index contributed by atoms with van der Waals surface area (Å²) >= 11 is 3.46. The minimum atomic E-state index is 0.655. The van der Waals surface area contributed by atoms with Gasteiger partial charge < -0.3 is 10.2 Å². The van der Waals surface area contributed by atoms with Gasteiger partial charge in [0.2, 0.25) is 0 Å². The lowest BCUT2D eigenvalue weighted by Crippen LogP contribution is -2.34. The van der Waals surface area contributed by atoms with Gasteiger partial charge in [-0.3, -0.25) is 0 Å². The van der Waals surface area contributed by atoms with Crippen LogP contribution in [0.1, 0.15) is 26.2 Å². The van der Waals surface area contributed by atoms with Crippen LogP contribution < -0.4 is 5.32 Å². The molecule has 0 radical (unpaired) electrons. The van der Waals surface area contributed by atoms with Gasteiger partial charge in [-0.05, 0) is 39.3 Å². The van der Waals surface area contributed by atoms with E-state index in [1.807, 2.05) is 0 Å². The van der Waals surface area contributed by atoms with Crippen LogP contribution in [0.3, 0.4) is 0 Å². The number of hydrogen-bond donors (Lipinski definition) is 1. The fourth-order valence-corrected chi connectivity index (χ4v) is 2.43. The van der Waals surface area contributed by atoms with Gasteiger partial charge in [-0.15, -0.1) is 0 Å². The van der Waals surface area contributed by atoms with E-state index in [0.717, 1.165) is 11.9 Å². The number of hydrogen-bond acceptors (Lipinski definition) is 2. The second kappa shape index (κ2) is 6.80. The van der Waals surface area contributed by atoms with E-state index in [1.54, 1.807) is 0 Å². The Kier molecular flexibility index (Phi) is 6.00. The third-order valence-corrected chi connectivity index (χ3v) is 3.12. The van der Waals surface area contributed by atoms with E-state index in [-0.39, 0.29) is 0 Å². The van der Waals surface area contributed by atoms with Gasteiger partial charge in [0.25, 0.3) is 0 Å². The van der Waals surface area contributed by atoms with Gasteiger partial charge in [0.05, 0.1) is 0 Å². The summed E-state index contributed by atoms with van der Waals surface area (Å²) in [5.74, 6) is 0. The van der Waals surface area contributed by atoms with E-state index in [0.29, 0.717) is 6.04 Å². The van der Waals surface area contributed by atoms with E-state index in [9.17, 15) is 0 Å². The Labute approximate surface area is 90.2 Å². The topological polar surface area (TPSA) is 15.3 Å². The molecule has 0 aromatic rings. The van der Waals surface area contributed by atoms with Gasteiger partial charge in [0, 0.05) is 24.5 Å². The van der Waals surface area contributed by atoms with Crippen molar-refractivity contribution in [3.63, 3.8) is 0 Å². The monoisotopic (exact) mass is 248 g/mol. The molecule has 1 saturated heterocycles. The minimum Gasteiger partial charge on any atom is -0.313 e. The first kappa shape index (κ1) is 11.5. The van der Waals surface area contributed by atoms with Crippen LogP contribution in [0, 0.1) is 0 Å². The van der Waals surface area contributed by atoms with Crippen molar-refractivity contribution >= 4 is 15.9 Å². The van der Waals surface area contributed by atoms with Crippen LogP contribution in [0.2, 0.25) is 0 Å². The normalized spacial score (nSPS) is 20.8. The third kappa shape index (κ3) is 4.99. The lowest BCUT2D eigenvalue weighted by molar-refractivity contribution is 0.328. The number of rotatable bonds is 6. The zero-order chi connectivity index (χ0) is 9.52. The Morgan fingerprint density at radius 2 is 2.08 bits per heavy atom. The summed E-state index contributed by atoms with van der Waals surface area (Å²) in [5.41, 5.74) is 0. The quantitative estimate of drug-likeness (QED) is 0.723. The van der Waals surface area contributed by atoms with Crippen molar-refractivity contribution in [3.8, 4) is 0 Å². The summed E-state index contributed by atoms with van der Waals surface area (Å²) in [7, 11) is 0. The Morgan fingerprint density at radius 1 is 1.38 bits per heavy atom. The molecule has 0 aliphatic carbocycles. The molecule has 0 spiro atoms. The number of nitrogens with zero attached hydrogens (tertiary/aromatic N) is 1. The first-order valence-electron chi connectivity index (χ1n) is 5.34. The van der Waals surface area contributed by atoms with E-state index in [1.165, 1.54) is 38.9 Å². The van der Waals surface area contributed by atoms with Crippen LogP contribution in [0.5, 0.6) is 0 Å². The lowest BCUT2D eigenvalue weighted by Gasteiger charge is -2.17. The summed E-state index contributed by atoms with van der Waals surface area (Å²) in [6.07, 6.45) is 4.02. The molecule has 3 heteroatoms. The van der Waals surface area contributed by atoms with Gasteiger partial charge in [-0.1, -0.05) is 15.9 Å². The molecule has 0 aromatic carbocycles. The highest BCUT2D eigenvalue weighted by atomic mass is 79.9. The summed E-state index contributed by atoms with van der Waals surface area (Å²) < 4.78 is 0. The summed E-state index contributed by atoms with van der Waals surface area (Å²) in [6.45, 7) is 7.26. The van der Waals surface area contributed by atoms with Gasteiger partial charge in [-0.2, -0.15) is 0 Å². The van der Waals surface area contributed by atoms with Crippen LogP contribution in [0.25, 0.3) is 0 Å². The maximum atomic E-state index is 3.54. The van der Waals surface area contributed by atoms with Crippen molar-refractivity contribution in [3.05, 3.63) is 0 Å². The number of alkyl halides is 1. The fourth-order valence-electron chi connectivity index (χ4n) is 1.74. The van der Waals surface area contributed by atoms with Crippen molar-refractivity contribution in [2.24, 2.45) is 0 Å². The molecule has 1 atom stereocenters. The molecule has 0 amide bonds. The molecule has 1 aliphatic heterocycles. The molecule has 1 rings (SSSR count). The second-order valence-corrected chi connectivity index (χ2v) is 4.67. The molecule has 2 nitrogen and oxygen atoms in total. The molecule has 0 saturated carbocycles. The van der Waals surface area contributed by atoms with Crippen LogP contribution >= 0.6 is 15.9 Å². The first-order valence-corrected chi connectivity index (χ1v) is 6.47. The van der Waals surface area contributed by atoms with Crippen LogP contribution in [-0.4, -0.2) is 42.5 Å².